The van der Waals surface area contributed by atoms with Gasteiger partial charge >= 0.3 is 6.03 Å². The van der Waals surface area contributed by atoms with Gasteiger partial charge < -0.3 is 19.9 Å². The fraction of sp³-hybridized carbons (Fsp3) is 0.222. The molecule has 124 valence electrons. The first-order valence-electron chi connectivity index (χ1n) is 7.78. The average molecular weight is 325 g/mol. The van der Waals surface area contributed by atoms with Crippen molar-refractivity contribution in [3.63, 3.8) is 0 Å². The lowest BCUT2D eigenvalue weighted by atomic mass is 10.1. The van der Waals surface area contributed by atoms with Gasteiger partial charge in [-0.2, -0.15) is 0 Å². The molecule has 0 atom stereocenters. The lowest BCUT2D eigenvalue weighted by Crippen LogP contribution is -2.28. The summed E-state index contributed by atoms with van der Waals surface area (Å²) in [5.41, 5.74) is 3.22. The van der Waals surface area contributed by atoms with Crippen molar-refractivity contribution in [2.45, 2.75) is 20.4 Å². The summed E-state index contributed by atoms with van der Waals surface area (Å²) in [6, 6.07) is 12.7. The van der Waals surface area contributed by atoms with Crippen LogP contribution in [0.25, 0.3) is 11.0 Å². The van der Waals surface area contributed by atoms with E-state index in [1.54, 1.807) is 12.1 Å². The van der Waals surface area contributed by atoms with Crippen molar-refractivity contribution in [2.75, 3.05) is 11.9 Å². The summed E-state index contributed by atoms with van der Waals surface area (Å²) in [6.07, 6.45) is 0. The molecule has 0 fully saturated rings. The molecule has 2 aromatic carbocycles. The number of nitrogens with one attached hydrogen (secondary N) is 2. The fourth-order valence-corrected chi connectivity index (χ4v) is 2.37. The highest BCUT2D eigenvalue weighted by molar-refractivity contribution is 5.89. The van der Waals surface area contributed by atoms with Gasteiger partial charge in [-0.05, 0) is 50.2 Å². The molecule has 0 saturated carbocycles. The van der Waals surface area contributed by atoms with Crippen LogP contribution in [0.15, 0.2) is 47.0 Å². The minimum absolute atomic E-state index is 0.291. The predicted molar refractivity (Wildman–Crippen MR) is 92.2 cm³/mol. The summed E-state index contributed by atoms with van der Waals surface area (Å²) in [7, 11) is 0. The molecule has 0 radical (unpaired) electrons. The Balaban J connectivity index is 1.59. The van der Waals surface area contributed by atoms with Crippen LogP contribution in [0, 0.1) is 6.92 Å². The molecule has 1 heterocycles. The molecule has 2 amide bonds. The van der Waals surface area contributed by atoms with Gasteiger partial charge in [0, 0.05) is 11.1 Å². The topological polar surface area (TPSA) is 76.4 Å². The Morgan fingerprint density at radius 1 is 1.21 bits per heavy atom. The van der Waals surface area contributed by atoms with Crippen LogP contribution in [-0.2, 0) is 6.54 Å². The highest BCUT2D eigenvalue weighted by Gasteiger charge is 2.10. The molecule has 6 nitrogen and oxygen atoms in total. The van der Waals surface area contributed by atoms with Crippen LogP contribution in [0.2, 0.25) is 0 Å². The first kappa shape index (κ1) is 15.9. The van der Waals surface area contributed by atoms with E-state index in [0.29, 0.717) is 30.1 Å². The van der Waals surface area contributed by atoms with Crippen LogP contribution in [0.3, 0.4) is 0 Å². The number of urea groups is 1. The Kier molecular flexibility index (Phi) is 4.65. The zero-order chi connectivity index (χ0) is 16.9. The van der Waals surface area contributed by atoms with Gasteiger partial charge in [0.05, 0.1) is 13.2 Å². The molecule has 0 unspecified atom stereocenters. The number of aryl methyl sites for hydroxylation is 1. The Hall–Kier alpha value is -3.02. The predicted octanol–water partition coefficient (Wildman–Crippen LogP) is 3.86. The second-order valence-corrected chi connectivity index (χ2v) is 5.39. The van der Waals surface area contributed by atoms with Crippen LogP contribution in [0.1, 0.15) is 18.2 Å². The summed E-state index contributed by atoms with van der Waals surface area (Å²) in [5.74, 6) is 0.771. The second kappa shape index (κ2) is 7.04. The van der Waals surface area contributed by atoms with Crippen LogP contribution in [-0.4, -0.2) is 17.8 Å². The molecule has 0 spiro atoms. The number of carbonyl (C=O) groups is 1. The third kappa shape index (κ3) is 3.65. The minimum Gasteiger partial charge on any atom is -0.494 e. The highest BCUT2D eigenvalue weighted by Crippen LogP contribution is 2.20. The minimum atomic E-state index is -0.303. The zero-order valence-corrected chi connectivity index (χ0v) is 13.6. The van der Waals surface area contributed by atoms with Gasteiger partial charge in [0.15, 0.2) is 5.58 Å². The fourth-order valence-electron chi connectivity index (χ4n) is 2.37. The van der Waals surface area contributed by atoms with E-state index in [1.807, 2.05) is 44.2 Å². The summed E-state index contributed by atoms with van der Waals surface area (Å²) < 4.78 is 10.6. The molecule has 0 aliphatic rings. The number of carbonyl (C=O) groups excluding carboxylic acids is 1. The third-order valence-electron chi connectivity index (χ3n) is 3.54. The van der Waals surface area contributed by atoms with Crippen LogP contribution >= 0.6 is 0 Å². The number of rotatable bonds is 5. The van der Waals surface area contributed by atoms with E-state index in [2.05, 4.69) is 15.8 Å². The van der Waals surface area contributed by atoms with Gasteiger partial charge in [0.2, 0.25) is 0 Å². The van der Waals surface area contributed by atoms with Crippen molar-refractivity contribution in [1.82, 2.24) is 10.5 Å². The summed E-state index contributed by atoms with van der Waals surface area (Å²) in [5, 5.41) is 10.5. The van der Waals surface area contributed by atoms with Crippen LogP contribution < -0.4 is 15.4 Å². The molecule has 3 aromatic rings. The quantitative estimate of drug-likeness (QED) is 0.747. The Labute approximate surface area is 139 Å². The summed E-state index contributed by atoms with van der Waals surface area (Å²) in [4.78, 5) is 12.0. The first-order chi connectivity index (χ1) is 11.7. The smallest absolute Gasteiger partial charge is 0.319 e. The van der Waals surface area contributed by atoms with E-state index in [0.717, 1.165) is 16.7 Å². The van der Waals surface area contributed by atoms with Gasteiger partial charge in [-0.25, -0.2) is 4.79 Å². The Bertz CT molecular complexity index is 840. The van der Waals surface area contributed by atoms with E-state index in [9.17, 15) is 4.79 Å². The van der Waals surface area contributed by atoms with E-state index >= 15 is 0 Å². The number of fused-ring (bicyclic) bond motifs is 1. The number of ether oxygens (including phenoxy) is 1. The molecule has 24 heavy (non-hydrogen) atoms. The van der Waals surface area contributed by atoms with Gasteiger partial charge in [-0.1, -0.05) is 16.8 Å². The molecule has 6 heteroatoms. The lowest BCUT2D eigenvalue weighted by molar-refractivity contribution is 0.251. The van der Waals surface area contributed by atoms with E-state index in [-0.39, 0.29) is 6.03 Å². The molecule has 3 rings (SSSR count). The molecule has 0 aliphatic carbocycles. The number of hydrogen-bond acceptors (Lipinski definition) is 4. The maximum absolute atomic E-state index is 12.0. The standard InChI is InChI=1S/C18H19N3O3/c1-3-23-14-7-5-13(6-8-14)20-18(22)19-11-16-15-10-12(2)4-9-17(15)24-21-16/h4-10H,3,11H2,1-2H3,(H2,19,20,22). The Morgan fingerprint density at radius 3 is 2.75 bits per heavy atom. The van der Waals surface area contributed by atoms with Crippen molar-refractivity contribution in [2.24, 2.45) is 0 Å². The number of nitrogens with zero attached hydrogens (tertiary/aromatic N) is 1. The van der Waals surface area contributed by atoms with Gasteiger partial charge in [-0.3, -0.25) is 0 Å². The maximum atomic E-state index is 12.0. The molecule has 0 saturated heterocycles. The average Bonchev–Trinajstić information content (AvgIpc) is 2.97. The maximum Gasteiger partial charge on any atom is 0.319 e. The van der Waals surface area contributed by atoms with Crippen molar-refractivity contribution >= 4 is 22.7 Å². The summed E-state index contributed by atoms with van der Waals surface area (Å²) >= 11 is 0. The number of amides is 2. The van der Waals surface area contributed by atoms with E-state index in [1.165, 1.54) is 0 Å². The van der Waals surface area contributed by atoms with Gasteiger partial charge in [-0.15, -0.1) is 0 Å². The second-order valence-electron chi connectivity index (χ2n) is 5.39. The number of anilines is 1. The number of hydrogen-bond donors (Lipinski definition) is 2. The van der Waals surface area contributed by atoms with Crippen molar-refractivity contribution < 1.29 is 14.1 Å². The SMILES string of the molecule is CCOc1ccc(NC(=O)NCc2noc3ccc(C)cc23)cc1. The molecule has 1 aromatic heterocycles. The summed E-state index contributed by atoms with van der Waals surface area (Å²) in [6.45, 7) is 4.83. The van der Waals surface area contributed by atoms with Crippen molar-refractivity contribution in [3.05, 3.63) is 53.7 Å². The Morgan fingerprint density at radius 2 is 2.00 bits per heavy atom. The van der Waals surface area contributed by atoms with E-state index < -0.39 is 0 Å². The third-order valence-corrected chi connectivity index (χ3v) is 3.54. The normalized spacial score (nSPS) is 10.6. The van der Waals surface area contributed by atoms with Crippen molar-refractivity contribution in [3.8, 4) is 5.75 Å². The molecular formula is C18H19N3O3. The molecular weight excluding hydrogens is 306 g/mol. The monoisotopic (exact) mass is 325 g/mol. The van der Waals surface area contributed by atoms with Gasteiger partial charge in [0.1, 0.15) is 11.4 Å². The van der Waals surface area contributed by atoms with Crippen molar-refractivity contribution in [1.29, 1.82) is 0 Å². The zero-order valence-electron chi connectivity index (χ0n) is 13.6. The molecule has 0 aliphatic heterocycles. The number of benzene rings is 2. The highest BCUT2D eigenvalue weighted by atomic mass is 16.5. The lowest BCUT2D eigenvalue weighted by Gasteiger charge is -2.08. The number of aromatic nitrogens is 1. The molecule has 0 bridgehead atoms. The largest absolute Gasteiger partial charge is 0.494 e. The first-order valence-corrected chi connectivity index (χ1v) is 7.78. The van der Waals surface area contributed by atoms with Gasteiger partial charge in [0.25, 0.3) is 0 Å². The van der Waals surface area contributed by atoms with E-state index in [4.69, 9.17) is 9.26 Å². The molecule has 2 N–H and O–H groups in total. The van der Waals surface area contributed by atoms with Crippen LogP contribution in [0.4, 0.5) is 10.5 Å². The van der Waals surface area contributed by atoms with Crippen LogP contribution in [0.5, 0.6) is 5.75 Å².